The van der Waals surface area contributed by atoms with Crippen LogP contribution < -0.4 is 5.73 Å². The first-order valence-electron chi connectivity index (χ1n) is 6.50. The quantitative estimate of drug-likeness (QED) is 0.642. The summed E-state index contributed by atoms with van der Waals surface area (Å²) >= 11 is 1.33. The SMILES string of the molecule is COC(=O)c1sc2nc3c(cc2c1N)CCCCC3. The molecule has 4 nitrogen and oxygen atoms in total. The summed E-state index contributed by atoms with van der Waals surface area (Å²) in [6.45, 7) is 0. The minimum absolute atomic E-state index is 0.379. The second kappa shape index (κ2) is 4.81. The fourth-order valence-electron chi connectivity index (χ4n) is 2.58. The molecule has 0 saturated carbocycles. The Morgan fingerprint density at radius 3 is 2.95 bits per heavy atom. The summed E-state index contributed by atoms with van der Waals surface area (Å²) in [5.41, 5.74) is 9.02. The van der Waals surface area contributed by atoms with Gasteiger partial charge in [0.15, 0.2) is 0 Å². The minimum Gasteiger partial charge on any atom is -0.465 e. The summed E-state index contributed by atoms with van der Waals surface area (Å²) in [7, 11) is 1.37. The molecule has 2 N–H and O–H groups in total. The van der Waals surface area contributed by atoms with Crippen LogP contribution >= 0.6 is 11.3 Å². The topological polar surface area (TPSA) is 65.2 Å². The van der Waals surface area contributed by atoms with Gasteiger partial charge in [-0.25, -0.2) is 9.78 Å². The number of aromatic nitrogens is 1. The number of aryl methyl sites for hydroxylation is 2. The lowest BCUT2D eigenvalue weighted by Gasteiger charge is -2.04. The summed E-state index contributed by atoms with van der Waals surface area (Å²) in [5, 5.41) is 0.894. The number of methoxy groups -OCH3 is 1. The first kappa shape index (κ1) is 12.4. The number of fused-ring (bicyclic) bond motifs is 2. The summed E-state index contributed by atoms with van der Waals surface area (Å²) in [6.07, 6.45) is 5.73. The van der Waals surface area contributed by atoms with Crippen LogP contribution in [0.4, 0.5) is 5.69 Å². The Labute approximate surface area is 115 Å². The predicted molar refractivity (Wildman–Crippen MR) is 76.6 cm³/mol. The monoisotopic (exact) mass is 276 g/mol. The average molecular weight is 276 g/mol. The molecule has 2 aromatic rings. The zero-order chi connectivity index (χ0) is 13.4. The van der Waals surface area contributed by atoms with E-state index in [1.54, 1.807) is 0 Å². The minimum atomic E-state index is -0.379. The van der Waals surface area contributed by atoms with Gasteiger partial charge in [0, 0.05) is 11.1 Å². The van der Waals surface area contributed by atoms with Crippen molar-refractivity contribution in [1.29, 1.82) is 0 Å². The van der Waals surface area contributed by atoms with Gasteiger partial charge in [0.05, 0.1) is 12.8 Å². The van der Waals surface area contributed by atoms with E-state index >= 15 is 0 Å². The molecule has 0 unspecified atom stereocenters. The largest absolute Gasteiger partial charge is 0.465 e. The van der Waals surface area contributed by atoms with Crippen LogP contribution in [0.3, 0.4) is 0 Å². The van der Waals surface area contributed by atoms with Crippen molar-refractivity contribution >= 4 is 33.2 Å². The molecule has 19 heavy (non-hydrogen) atoms. The van der Waals surface area contributed by atoms with Gasteiger partial charge in [0.2, 0.25) is 0 Å². The van der Waals surface area contributed by atoms with E-state index in [2.05, 4.69) is 6.07 Å². The van der Waals surface area contributed by atoms with Crippen LogP contribution in [0.25, 0.3) is 10.2 Å². The number of nitrogens with two attached hydrogens (primary N) is 1. The van der Waals surface area contributed by atoms with Gasteiger partial charge in [0.1, 0.15) is 9.71 Å². The lowest BCUT2D eigenvalue weighted by Crippen LogP contribution is -2.01. The van der Waals surface area contributed by atoms with Crippen LogP contribution in [0.15, 0.2) is 6.07 Å². The van der Waals surface area contributed by atoms with Crippen LogP contribution in [0, 0.1) is 0 Å². The van der Waals surface area contributed by atoms with Gasteiger partial charge < -0.3 is 10.5 Å². The fourth-order valence-corrected chi connectivity index (χ4v) is 3.60. The van der Waals surface area contributed by atoms with Crippen molar-refractivity contribution in [1.82, 2.24) is 4.98 Å². The maximum absolute atomic E-state index is 11.7. The van der Waals surface area contributed by atoms with Crippen LogP contribution in [-0.2, 0) is 17.6 Å². The molecule has 0 aliphatic heterocycles. The third kappa shape index (κ3) is 2.08. The molecule has 1 aliphatic rings. The Bertz CT molecular complexity index is 648. The highest BCUT2D eigenvalue weighted by atomic mass is 32.1. The van der Waals surface area contributed by atoms with Gasteiger partial charge in [-0.15, -0.1) is 11.3 Å². The first-order valence-corrected chi connectivity index (χ1v) is 7.31. The smallest absolute Gasteiger partial charge is 0.350 e. The molecule has 2 heterocycles. The van der Waals surface area contributed by atoms with Gasteiger partial charge in [-0.05, 0) is 37.3 Å². The number of anilines is 1. The molecule has 0 atom stereocenters. The number of pyridine rings is 1. The van der Waals surface area contributed by atoms with Crippen LogP contribution in [0.2, 0.25) is 0 Å². The molecule has 3 rings (SSSR count). The zero-order valence-electron chi connectivity index (χ0n) is 10.9. The summed E-state index contributed by atoms with van der Waals surface area (Å²) in [6, 6.07) is 2.11. The molecule has 2 aromatic heterocycles. The molecule has 0 saturated heterocycles. The van der Waals surface area contributed by atoms with E-state index in [0.717, 1.165) is 23.1 Å². The van der Waals surface area contributed by atoms with E-state index in [1.807, 2.05) is 0 Å². The molecular weight excluding hydrogens is 260 g/mol. The molecule has 0 spiro atoms. The lowest BCUT2D eigenvalue weighted by atomic mass is 10.1. The summed E-state index contributed by atoms with van der Waals surface area (Å²) in [5.74, 6) is -0.379. The zero-order valence-corrected chi connectivity index (χ0v) is 11.7. The number of hydrogen-bond acceptors (Lipinski definition) is 5. The molecule has 0 aromatic carbocycles. The number of nitrogens with zero attached hydrogens (tertiary/aromatic N) is 1. The normalized spacial score (nSPS) is 15.0. The van der Waals surface area contributed by atoms with Crippen LogP contribution in [0.5, 0.6) is 0 Å². The number of hydrogen-bond donors (Lipinski definition) is 1. The molecule has 0 fully saturated rings. The molecule has 0 radical (unpaired) electrons. The molecular formula is C14H16N2O2S. The number of carbonyl (C=O) groups excluding carboxylic acids is 1. The maximum Gasteiger partial charge on any atom is 0.350 e. The van der Waals surface area contributed by atoms with E-state index in [-0.39, 0.29) is 5.97 Å². The van der Waals surface area contributed by atoms with Gasteiger partial charge in [-0.2, -0.15) is 0 Å². The number of nitrogen functional groups attached to an aromatic ring is 1. The highest BCUT2D eigenvalue weighted by molar-refractivity contribution is 7.21. The first-order chi connectivity index (χ1) is 9.20. The number of ether oxygens (including phenoxy) is 1. The average Bonchev–Trinajstić information content (AvgIpc) is 2.62. The number of carbonyl (C=O) groups is 1. The Morgan fingerprint density at radius 1 is 1.37 bits per heavy atom. The van der Waals surface area contributed by atoms with Crippen LogP contribution in [-0.4, -0.2) is 18.1 Å². The second-order valence-electron chi connectivity index (χ2n) is 4.84. The standard InChI is InChI=1S/C14H16N2O2S/c1-18-14(17)12-11(15)9-7-8-5-3-2-4-6-10(8)16-13(9)19-12/h7H,2-6,15H2,1H3. The molecule has 1 aliphatic carbocycles. The molecule has 0 amide bonds. The lowest BCUT2D eigenvalue weighted by molar-refractivity contribution is 0.0607. The summed E-state index contributed by atoms with van der Waals surface area (Å²) < 4.78 is 4.76. The van der Waals surface area contributed by atoms with Gasteiger partial charge in [-0.3, -0.25) is 0 Å². The number of thiophene rings is 1. The second-order valence-corrected chi connectivity index (χ2v) is 5.84. The van der Waals surface area contributed by atoms with Crippen molar-refractivity contribution in [3.8, 4) is 0 Å². The van der Waals surface area contributed by atoms with Crippen LogP contribution in [0.1, 0.15) is 40.2 Å². The highest BCUT2D eigenvalue weighted by Gasteiger charge is 2.20. The van der Waals surface area contributed by atoms with Crippen molar-refractivity contribution in [2.24, 2.45) is 0 Å². The fraction of sp³-hybridized carbons (Fsp3) is 0.429. The van der Waals surface area contributed by atoms with E-state index in [1.165, 1.54) is 49.0 Å². The Hall–Kier alpha value is -1.62. The summed E-state index contributed by atoms with van der Waals surface area (Å²) in [4.78, 5) is 17.7. The van der Waals surface area contributed by atoms with Gasteiger partial charge in [-0.1, -0.05) is 6.42 Å². The third-order valence-electron chi connectivity index (χ3n) is 3.62. The van der Waals surface area contributed by atoms with E-state index < -0.39 is 0 Å². The van der Waals surface area contributed by atoms with Crippen molar-refractivity contribution in [3.63, 3.8) is 0 Å². The maximum atomic E-state index is 11.7. The Balaban J connectivity index is 2.17. The third-order valence-corrected chi connectivity index (χ3v) is 4.72. The van der Waals surface area contributed by atoms with Crippen molar-refractivity contribution in [3.05, 3.63) is 22.2 Å². The Kier molecular flexibility index (Phi) is 3.14. The van der Waals surface area contributed by atoms with Crippen molar-refractivity contribution in [2.75, 3.05) is 12.8 Å². The van der Waals surface area contributed by atoms with Gasteiger partial charge >= 0.3 is 5.97 Å². The van der Waals surface area contributed by atoms with Gasteiger partial charge in [0.25, 0.3) is 0 Å². The molecule has 5 heteroatoms. The van der Waals surface area contributed by atoms with Crippen molar-refractivity contribution < 1.29 is 9.53 Å². The number of rotatable bonds is 1. The predicted octanol–water partition coefficient (Wildman–Crippen LogP) is 2.93. The van der Waals surface area contributed by atoms with E-state index in [9.17, 15) is 4.79 Å². The highest BCUT2D eigenvalue weighted by Crippen LogP contribution is 2.35. The van der Waals surface area contributed by atoms with E-state index in [0.29, 0.717) is 10.6 Å². The molecule has 0 bridgehead atoms. The Morgan fingerprint density at radius 2 is 2.16 bits per heavy atom. The molecule has 100 valence electrons. The van der Waals surface area contributed by atoms with Crippen molar-refractivity contribution in [2.45, 2.75) is 32.1 Å². The van der Waals surface area contributed by atoms with E-state index in [4.69, 9.17) is 15.5 Å². The number of esters is 1.